The summed E-state index contributed by atoms with van der Waals surface area (Å²) in [4.78, 5) is 0. The Morgan fingerprint density at radius 2 is 0.328 bits per heavy atom. The molecule has 0 bridgehead atoms. The second kappa shape index (κ2) is 18.6. The van der Waals surface area contributed by atoms with Gasteiger partial charge in [0.25, 0.3) is 0 Å². The summed E-state index contributed by atoms with van der Waals surface area (Å²) >= 11 is -1.98. The molecule has 9 aromatic carbocycles. The number of hydrogen-bond donors (Lipinski definition) is 0. The summed E-state index contributed by atoms with van der Waals surface area (Å²) in [6.07, 6.45) is 0. The second-order valence-corrected chi connectivity index (χ2v) is 25.2. The van der Waals surface area contributed by atoms with Crippen LogP contribution < -0.4 is 60.8 Å². The molecule has 0 saturated heterocycles. The maximum atomic E-state index is 2.44. The summed E-state index contributed by atoms with van der Waals surface area (Å²) in [6.45, 7) is 0. The van der Waals surface area contributed by atoms with Gasteiger partial charge in [0.05, 0.1) is 0 Å². The van der Waals surface area contributed by atoms with E-state index in [1.807, 2.05) is 0 Å². The van der Waals surface area contributed by atoms with Gasteiger partial charge in [-0.2, -0.15) is 0 Å². The van der Waals surface area contributed by atoms with Crippen LogP contribution in [0.3, 0.4) is 0 Å². The van der Waals surface area contributed by atoms with Crippen molar-refractivity contribution in [3.8, 4) is 0 Å². The fourth-order valence-corrected chi connectivity index (χ4v) is 19.0. The Hall–Kier alpha value is -5.17. The van der Waals surface area contributed by atoms with Gasteiger partial charge >= 0.3 is 354 Å². The van der Waals surface area contributed by atoms with E-state index < -0.39 is 38.4 Å². The standard InChI is InChI=1S/C54H42AsP3/c1-7-19-46(20-8-1)56(47-21-9-2-10-22-47)52-37-31-43(32-38-52)55(44-33-39-53(40-34-44)57(48-23-11-3-12-24-48)49-25-13-4-14-26-49)45-35-41-54(42-36-45)58(50-27-15-5-16-28-50)51-29-17-6-18-30-51/h1-42H. The Labute approximate surface area is 351 Å². The molecule has 0 heterocycles. The molecule has 0 fully saturated rings. The van der Waals surface area contributed by atoms with E-state index in [4.69, 9.17) is 0 Å². The SMILES string of the molecule is c1ccc(P(c2ccccc2)c2ccc([As](c3ccc(P(c4ccccc4)c4ccccc4)cc3)c3ccc(P(c4ccccc4)c4ccccc4)cc3)cc2)cc1. The van der Waals surface area contributed by atoms with Crippen LogP contribution in [-0.4, -0.2) is 14.7 Å². The zero-order chi connectivity index (χ0) is 38.9. The van der Waals surface area contributed by atoms with Crippen molar-refractivity contribution < 1.29 is 0 Å². The van der Waals surface area contributed by atoms with Crippen molar-refractivity contribution >= 4 is 99.2 Å². The summed E-state index contributed by atoms with van der Waals surface area (Å²) in [6, 6.07) is 95.3. The molecule has 0 spiro atoms. The van der Waals surface area contributed by atoms with Crippen molar-refractivity contribution in [2.75, 3.05) is 0 Å². The molecule has 0 aliphatic rings. The summed E-state index contributed by atoms with van der Waals surface area (Å²) in [7, 11) is -2.03. The average Bonchev–Trinajstić information content (AvgIpc) is 3.30. The number of hydrogen-bond acceptors (Lipinski definition) is 0. The van der Waals surface area contributed by atoms with E-state index in [0.29, 0.717) is 0 Å². The third-order valence-corrected chi connectivity index (χ3v) is 22.6. The molecule has 0 aromatic heterocycles. The van der Waals surface area contributed by atoms with Gasteiger partial charge in [-0.1, -0.05) is 0 Å². The van der Waals surface area contributed by atoms with E-state index in [9.17, 15) is 0 Å². The number of rotatable bonds is 12. The first-order valence-electron chi connectivity index (χ1n) is 19.6. The molecule has 9 aromatic rings. The van der Waals surface area contributed by atoms with Gasteiger partial charge in [-0.25, -0.2) is 0 Å². The van der Waals surface area contributed by atoms with Crippen LogP contribution in [0.2, 0.25) is 0 Å². The van der Waals surface area contributed by atoms with Crippen LogP contribution >= 0.6 is 23.8 Å². The molecule has 0 N–H and O–H groups in total. The molecule has 0 saturated carbocycles. The van der Waals surface area contributed by atoms with Crippen LogP contribution in [0.25, 0.3) is 0 Å². The molecule has 0 radical (unpaired) electrons. The van der Waals surface area contributed by atoms with Crippen molar-refractivity contribution in [3.63, 3.8) is 0 Å². The topological polar surface area (TPSA) is 0 Å². The zero-order valence-corrected chi connectivity index (χ0v) is 36.6. The van der Waals surface area contributed by atoms with E-state index >= 15 is 0 Å². The van der Waals surface area contributed by atoms with Crippen LogP contribution in [0.5, 0.6) is 0 Å². The predicted molar refractivity (Wildman–Crippen MR) is 260 cm³/mol. The van der Waals surface area contributed by atoms with Gasteiger partial charge in [-0.3, -0.25) is 0 Å². The van der Waals surface area contributed by atoms with Crippen LogP contribution in [0.15, 0.2) is 255 Å². The fraction of sp³-hybridized carbons (Fsp3) is 0. The normalized spacial score (nSPS) is 11.4. The first kappa shape index (κ1) is 38.4. The summed E-state index contributed by atoms with van der Waals surface area (Å²) < 4.78 is 4.32. The van der Waals surface area contributed by atoms with E-state index in [1.54, 1.807) is 0 Å². The van der Waals surface area contributed by atoms with Crippen molar-refractivity contribution in [1.29, 1.82) is 0 Å². The molecule has 0 aliphatic carbocycles. The van der Waals surface area contributed by atoms with E-state index in [2.05, 4.69) is 255 Å². The Morgan fingerprint density at radius 3 is 0.500 bits per heavy atom. The molecular formula is C54H42AsP3. The third kappa shape index (κ3) is 8.64. The summed E-state index contributed by atoms with van der Waals surface area (Å²) in [5.74, 6) is 0. The summed E-state index contributed by atoms with van der Waals surface area (Å²) in [5, 5.41) is 12.4. The molecule has 0 nitrogen and oxygen atoms in total. The van der Waals surface area contributed by atoms with Crippen LogP contribution in [0.1, 0.15) is 0 Å². The summed E-state index contributed by atoms with van der Waals surface area (Å²) in [5.41, 5.74) is 0. The van der Waals surface area contributed by atoms with Gasteiger partial charge in [0.1, 0.15) is 0 Å². The van der Waals surface area contributed by atoms with Crippen molar-refractivity contribution in [3.05, 3.63) is 255 Å². The van der Waals surface area contributed by atoms with Crippen LogP contribution in [-0.2, 0) is 0 Å². The van der Waals surface area contributed by atoms with Gasteiger partial charge in [0.2, 0.25) is 0 Å². The zero-order valence-electron chi connectivity index (χ0n) is 32.0. The van der Waals surface area contributed by atoms with Crippen LogP contribution in [0, 0.1) is 0 Å². The third-order valence-electron chi connectivity index (χ3n) is 10.2. The Kier molecular flexibility index (Phi) is 12.3. The Bertz CT molecular complexity index is 2210. The molecular weight excluding hydrogens is 816 g/mol. The average molecular weight is 859 g/mol. The quantitative estimate of drug-likeness (QED) is 0.0885. The maximum absolute atomic E-state index is 2.44. The number of benzene rings is 9. The minimum absolute atomic E-state index is 0.678. The van der Waals surface area contributed by atoms with Crippen molar-refractivity contribution in [2.24, 2.45) is 0 Å². The van der Waals surface area contributed by atoms with E-state index in [1.165, 1.54) is 60.8 Å². The molecule has 0 unspecified atom stereocenters. The van der Waals surface area contributed by atoms with Gasteiger partial charge in [-0.05, 0) is 0 Å². The van der Waals surface area contributed by atoms with Crippen molar-refractivity contribution in [1.82, 2.24) is 0 Å². The predicted octanol–water partition coefficient (Wildman–Crippen LogP) is 7.48. The van der Waals surface area contributed by atoms with E-state index in [-0.39, 0.29) is 0 Å². The monoisotopic (exact) mass is 858 g/mol. The Morgan fingerprint density at radius 1 is 0.172 bits per heavy atom. The van der Waals surface area contributed by atoms with Crippen molar-refractivity contribution in [2.45, 2.75) is 0 Å². The van der Waals surface area contributed by atoms with Gasteiger partial charge in [0.15, 0.2) is 0 Å². The fourth-order valence-electron chi connectivity index (χ4n) is 7.50. The first-order valence-corrected chi connectivity index (χ1v) is 26.5. The second-order valence-electron chi connectivity index (χ2n) is 13.9. The molecule has 4 heteroatoms. The molecule has 0 amide bonds. The molecule has 9 rings (SSSR count). The van der Waals surface area contributed by atoms with Crippen LogP contribution in [0.4, 0.5) is 0 Å². The van der Waals surface area contributed by atoms with E-state index in [0.717, 1.165) is 0 Å². The van der Waals surface area contributed by atoms with Gasteiger partial charge < -0.3 is 0 Å². The Balaban J connectivity index is 1.13. The minimum atomic E-state index is -1.98. The molecule has 0 atom stereocenters. The molecule has 0 aliphatic heterocycles. The first-order chi connectivity index (χ1) is 28.8. The molecule has 278 valence electrons. The molecule has 58 heavy (non-hydrogen) atoms. The van der Waals surface area contributed by atoms with Gasteiger partial charge in [-0.15, -0.1) is 0 Å². The van der Waals surface area contributed by atoms with Gasteiger partial charge in [0, 0.05) is 0 Å².